The lowest BCUT2D eigenvalue weighted by Gasteiger charge is -2.01. The Balaban J connectivity index is 1.70. The Morgan fingerprint density at radius 2 is 2.08 bits per heavy atom. The van der Waals surface area contributed by atoms with Crippen molar-refractivity contribution in [1.29, 1.82) is 0 Å². The van der Waals surface area contributed by atoms with Crippen LogP contribution in [0, 0.1) is 6.92 Å². The van der Waals surface area contributed by atoms with Crippen molar-refractivity contribution in [2.45, 2.75) is 13.3 Å². The number of aromatic nitrogens is 4. The first-order chi connectivity index (χ1) is 11.5. The molecule has 0 saturated carbocycles. The first kappa shape index (κ1) is 15.8. The van der Waals surface area contributed by atoms with Crippen molar-refractivity contribution >= 4 is 17.3 Å². The molecule has 1 aromatic carbocycles. The van der Waals surface area contributed by atoms with Gasteiger partial charge in [-0.3, -0.25) is 0 Å². The van der Waals surface area contributed by atoms with Crippen molar-refractivity contribution in [2.75, 3.05) is 0 Å². The minimum Gasteiger partial charge on any atom is -0.478 e. The molecule has 0 bridgehead atoms. The second-order valence-corrected chi connectivity index (χ2v) is 5.95. The lowest BCUT2D eigenvalue weighted by Crippen LogP contribution is -2.02. The van der Waals surface area contributed by atoms with Gasteiger partial charge >= 0.3 is 5.97 Å². The molecule has 3 aromatic rings. The molecule has 0 radical (unpaired) electrons. The van der Waals surface area contributed by atoms with Gasteiger partial charge in [-0.25, -0.2) is 4.79 Å². The van der Waals surface area contributed by atoms with E-state index in [0.717, 1.165) is 5.01 Å². The SMILES string of the molecule is C=C(Cc1nc(-c2ccc(Oc3nnc(C)s3)cc2)no1)C(=O)O. The molecule has 8 nitrogen and oxygen atoms in total. The number of benzene rings is 1. The number of aliphatic carboxylic acids is 1. The van der Waals surface area contributed by atoms with E-state index >= 15 is 0 Å². The highest BCUT2D eigenvalue weighted by molar-refractivity contribution is 7.13. The fourth-order valence-electron chi connectivity index (χ4n) is 1.79. The lowest BCUT2D eigenvalue weighted by molar-refractivity contribution is -0.132. The summed E-state index contributed by atoms with van der Waals surface area (Å²) in [6.45, 7) is 5.28. The molecule has 0 aliphatic carbocycles. The van der Waals surface area contributed by atoms with E-state index in [1.165, 1.54) is 11.3 Å². The number of carbonyl (C=O) groups is 1. The summed E-state index contributed by atoms with van der Waals surface area (Å²) in [5, 5.41) is 21.7. The molecule has 2 heterocycles. The third-order valence-electron chi connectivity index (χ3n) is 2.96. The van der Waals surface area contributed by atoms with Crippen molar-refractivity contribution in [3.63, 3.8) is 0 Å². The molecule has 0 fully saturated rings. The summed E-state index contributed by atoms with van der Waals surface area (Å²) < 4.78 is 10.6. The summed E-state index contributed by atoms with van der Waals surface area (Å²) >= 11 is 1.35. The third kappa shape index (κ3) is 3.63. The summed E-state index contributed by atoms with van der Waals surface area (Å²) in [6, 6.07) is 7.03. The van der Waals surface area contributed by atoms with Crippen LogP contribution >= 0.6 is 11.3 Å². The summed E-state index contributed by atoms with van der Waals surface area (Å²) in [5.41, 5.74) is 0.702. The monoisotopic (exact) mass is 344 g/mol. The Kier molecular flexibility index (Phi) is 4.34. The van der Waals surface area contributed by atoms with E-state index in [0.29, 0.717) is 22.3 Å². The number of aryl methyl sites for hydroxylation is 1. The van der Waals surface area contributed by atoms with Crippen LogP contribution in [0.4, 0.5) is 0 Å². The fraction of sp³-hybridized carbons (Fsp3) is 0.133. The Hall–Kier alpha value is -3.07. The number of nitrogens with zero attached hydrogens (tertiary/aromatic N) is 4. The average molecular weight is 344 g/mol. The molecule has 0 amide bonds. The van der Waals surface area contributed by atoms with Crippen molar-refractivity contribution in [1.82, 2.24) is 20.3 Å². The molecule has 0 unspecified atom stereocenters. The molecule has 2 aromatic heterocycles. The van der Waals surface area contributed by atoms with E-state index in [1.54, 1.807) is 24.3 Å². The predicted octanol–water partition coefficient (Wildman–Crippen LogP) is 2.87. The maximum absolute atomic E-state index is 10.8. The maximum Gasteiger partial charge on any atom is 0.331 e. The summed E-state index contributed by atoms with van der Waals surface area (Å²) in [4.78, 5) is 14.9. The molecule has 24 heavy (non-hydrogen) atoms. The minimum absolute atomic E-state index is 0.0000730. The van der Waals surface area contributed by atoms with Gasteiger partial charge in [0, 0.05) is 11.1 Å². The van der Waals surface area contributed by atoms with Crippen LogP contribution in [-0.4, -0.2) is 31.4 Å². The van der Waals surface area contributed by atoms with Crippen LogP contribution in [-0.2, 0) is 11.2 Å². The van der Waals surface area contributed by atoms with Crippen molar-refractivity contribution in [3.05, 3.63) is 47.3 Å². The normalized spacial score (nSPS) is 10.5. The Morgan fingerprint density at radius 3 is 2.71 bits per heavy atom. The second-order valence-electron chi connectivity index (χ2n) is 4.81. The van der Waals surface area contributed by atoms with E-state index < -0.39 is 5.97 Å². The Labute approximate surface area is 140 Å². The fourth-order valence-corrected chi connectivity index (χ4v) is 2.35. The summed E-state index contributed by atoms with van der Waals surface area (Å²) in [5.74, 6) is 0.0737. The third-order valence-corrected chi connectivity index (χ3v) is 3.68. The zero-order valence-electron chi connectivity index (χ0n) is 12.6. The van der Waals surface area contributed by atoms with Crippen LogP contribution in [0.3, 0.4) is 0 Å². The number of hydrogen-bond acceptors (Lipinski definition) is 8. The van der Waals surface area contributed by atoms with Crippen molar-refractivity contribution in [2.24, 2.45) is 0 Å². The quantitative estimate of drug-likeness (QED) is 0.679. The highest BCUT2D eigenvalue weighted by Crippen LogP contribution is 2.26. The Morgan fingerprint density at radius 1 is 1.33 bits per heavy atom. The standard InChI is InChI=1S/C15H12N4O4S/c1-8(14(20)21)7-12-16-13(19-23-12)10-3-5-11(6-4-10)22-15-18-17-9(2)24-15/h3-6H,1,7H2,2H3,(H,20,21). The van der Waals surface area contributed by atoms with Gasteiger partial charge in [0.25, 0.3) is 5.19 Å². The van der Waals surface area contributed by atoms with Gasteiger partial charge in [-0.2, -0.15) is 4.98 Å². The summed E-state index contributed by atoms with van der Waals surface area (Å²) in [6.07, 6.45) is -0.0000730. The van der Waals surface area contributed by atoms with E-state index in [9.17, 15) is 4.79 Å². The highest BCUT2D eigenvalue weighted by atomic mass is 32.1. The number of hydrogen-bond donors (Lipinski definition) is 1. The number of carboxylic acids is 1. The zero-order valence-corrected chi connectivity index (χ0v) is 13.4. The lowest BCUT2D eigenvalue weighted by atomic mass is 10.2. The predicted molar refractivity (Wildman–Crippen MR) is 84.9 cm³/mol. The summed E-state index contributed by atoms with van der Waals surface area (Å²) in [7, 11) is 0. The molecular weight excluding hydrogens is 332 g/mol. The van der Waals surface area contributed by atoms with Gasteiger partial charge in [0.1, 0.15) is 10.8 Å². The first-order valence-electron chi connectivity index (χ1n) is 6.83. The van der Waals surface area contributed by atoms with Crippen LogP contribution in [0.25, 0.3) is 11.4 Å². The molecule has 0 aliphatic heterocycles. The average Bonchev–Trinajstić information content (AvgIpc) is 3.17. The smallest absolute Gasteiger partial charge is 0.331 e. The second kappa shape index (κ2) is 6.59. The van der Waals surface area contributed by atoms with Gasteiger partial charge in [0.2, 0.25) is 11.7 Å². The first-order valence-corrected chi connectivity index (χ1v) is 7.65. The Bertz CT molecular complexity index is 885. The van der Waals surface area contributed by atoms with Crippen molar-refractivity contribution < 1.29 is 19.2 Å². The van der Waals surface area contributed by atoms with E-state index in [4.69, 9.17) is 14.4 Å². The minimum atomic E-state index is -1.09. The van der Waals surface area contributed by atoms with Crippen LogP contribution in [0.1, 0.15) is 10.9 Å². The van der Waals surface area contributed by atoms with E-state index in [-0.39, 0.29) is 17.9 Å². The van der Waals surface area contributed by atoms with Crippen LogP contribution < -0.4 is 4.74 Å². The number of rotatable bonds is 6. The van der Waals surface area contributed by atoms with Crippen LogP contribution in [0.15, 0.2) is 40.9 Å². The van der Waals surface area contributed by atoms with E-state index in [2.05, 4.69) is 26.9 Å². The molecular formula is C15H12N4O4S. The largest absolute Gasteiger partial charge is 0.478 e. The molecule has 3 rings (SSSR count). The van der Waals surface area contributed by atoms with E-state index in [1.807, 2.05) is 6.92 Å². The molecule has 9 heteroatoms. The molecule has 0 atom stereocenters. The molecule has 0 spiro atoms. The van der Waals surface area contributed by atoms with Crippen LogP contribution in [0.2, 0.25) is 0 Å². The molecule has 1 N–H and O–H groups in total. The molecule has 122 valence electrons. The number of carboxylic acid groups (broad SMARTS) is 1. The topological polar surface area (TPSA) is 111 Å². The number of ether oxygens (including phenoxy) is 1. The van der Waals surface area contributed by atoms with Gasteiger partial charge in [-0.1, -0.05) is 28.2 Å². The van der Waals surface area contributed by atoms with Gasteiger partial charge < -0.3 is 14.4 Å². The van der Waals surface area contributed by atoms with Gasteiger partial charge in [0.05, 0.1) is 6.42 Å². The highest BCUT2D eigenvalue weighted by Gasteiger charge is 2.13. The maximum atomic E-state index is 10.8. The van der Waals surface area contributed by atoms with Gasteiger partial charge in [-0.05, 0) is 31.2 Å². The molecule has 0 saturated heterocycles. The zero-order chi connectivity index (χ0) is 17.1. The van der Waals surface area contributed by atoms with Crippen LogP contribution in [0.5, 0.6) is 10.9 Å². The van der Waals surface area contributed by atoms with Gasteiger partial charge in [0.15, 0.2) is 0 Å². The van der Waals surface area contributed by atoms with Crippen molar-refractivity contribution in [3.8, 4) is 22.3 Å². The van der Waals surface area contributed by atoms with Gasteiger partial charge in [-0.15, -0.1) is 5.10 Å². The molecule has 0 aliphatic rings.